The van der Waals surface area contributed by atoms with Gasteiger partial charge in [-0.3, -0.25) is 9.36 Å². The second kappa shape index (κ2) is 7.52. The molecule has 3 aromatic heterocycles. The molecule has 0 fully saturated rings. The van der Waals surface area contributed by atoms with Crippen molar-refractivity contribution in [3.05, 3.63) is 80.6 Å². The van der Waals surface area contributed by atoms with Crippen LogP contribution in [0.15, 0.2) is 75.1 Å². The van der Waals surface area contributed by atoms with Gasteiger partial charge in [0.05, 0.1) is 23.7 Å². The summed E-state index contributed by atoms with van der Waals surface area (Å²) < 4.78 is 8.27. The standard InChI is InChI=1S/C20H13N5O4S2/c1-29-15-9-5-4-8-14(15)24-18(26)12-6-2-3-7-13(12)21-20(24)31-16-17(25(27)28)23-10-11-30-19(23)22-16/h2-11H,1H3. The van der Waals surface area contributed by atoms with Crippen molar-refractivity contribution in [2.24, 2.45) is 0 Å². The Morgan fingerprint density at radius 1 is 1.13 bits per heavy atom. The number of hydrogen-bond acceptors (Lipinski definition) is 8. The summed E-state index contributed by atoms with van der Waals surface area (Å²) in [7, 11) is 1.51. The topological polar surface area (TPSA) is 105 Å². The Labute approximate surface area is 182 Å². The minimum absolute atomic E-state index is 0.155. The smallest absolute Gasteiger partial charge is 0.363 e. The van der Waals surface area contributed by atoms with Crippen LogP contribution in [0, 0.1) is 10.1 Å². The summed E-state index contributed by atoms with van der Waals surface area (Å²) in [5.74, 6) is 0.305. The number of nitrogens with zero attached hydrogens (tertiary/aromatic N) is 5. The SMILES string of the molecule is COc1ccccc1-n1c(Sc2nc3sccn3c2[N+](=O)[O-])nc2ccccc2c1=O. The van der Waals surface area contributed by atoms with Gasteiger partial charge < -0.3 is 14.9 Å². The van der Waals surface area contributed by atoms with E-state index < -0.39 is 4.92 Å². The fraction of sp³-hybridized carbons (Fsp3) is 0.0500. The van der Waals surface area contributed by atoms with Gasteiger partial charge in [-0.05, 0) is 41.0 Å². The van der Waals surface area contributed by atoms with E-state index in [4.69, 9.17) is 4.74 Å². The van der Waals surface area contributed by atoms with E-state index in [0.29, 0.717) is 27.3 Å². The first-order valence-electron chi connectivity index (χ1n) is 9.01. The molecule has 0 aliphatic heterocycles. The number of imidazole rings is 1. The molecule has 0 spiro atoms. The third kappa shape index (κ3) is 3.14. The number of methoxy groups -OCH3 is 1. The van der Waals surface area contributed by atoms with Gasteiger partial charge >= 0.3 is 5.82 Å². The fourth-order valence-electron chi connectivity index (χ4n) is 3.28. The molecule has 154 valence electrons. The zero-order valence-corrected chi connectivity index (χ0v) is 17.6. The first kappa shape index (κ1) is 19.3. The molecule has 0 unspecified atom stereocenters. The van der Waals surface area contributed by atoms with Gasteiger partial charge in [0.15, 0.2) is 5.16 Å². The Hall–Kier alpha value is -3.70. The van der Waals surface area contributed by atoms with Crippen LogP contribution in [-0.4, -0.2) is 31.0 Å². The van der Waals surface area contributed by atoms with Crippen LogP contribution in [-0.2, 0) is 0 Å². The largest absolute Gasteiger partial charge is 0.495 e. The van der Waals surface area contributed by atoms with Gasteiger partial charge in [0.2, 0.25) is 5.03 Å². The lowest BCUT2D eigenvalue weighted by Gasteiger charge is -2.15. The lowest BCUT2D eigenvalue weighted by molar-refractivity contribution is -0.393. The number of ether oxygens (including phenoxy) is 1. The molecule has 31 heavy (non-hydrogen) atoms. The first-order chi connectivity index (χ1) is 15.1. The molecule has 2 aromatic carbocycles. The number of hydrogen-bond donors (Lipinski definition) is 0. The number of rotatable bonds is 5. The van der Waals surface area contributed by atoms with Crippen molar-refractivity contribution in [2.75, 3.05) is 7.11 Å². The number of fused-ring (bicyclic) bond motifs is 2. The van der Waals surface area contributed by atoms with Gasteiger partial charge in [-0.1, -0.05) is 35.6 Å². The molecule has 5 aromatic rings. The van der Waals surface area contributed by atoms with Crippen LogP contribution in [0.3, 0.4) is 0 Å². The van der Waals surface area contributed by atoms with E-state index in [1.165, 1.54) is 27.4 Å². The Bertz CT molecular complexity index is 1520. The van der Waals surface area contributed by atoms with E-state index in [9.17, 15) is 14.9 Å². The van der Waals surface area contributed by atoms with E-state index in [0.717, 1.165) is 11.8 Å². The zero-order chi connectivity index (χ0) is 21.5. The van der Waals surface area contributed by atoms with Crippen molar-refractivity contribution in [3.63, 3.8) is 0 Å². The summed E-state index contributed by atoms with van der Waals surface area (Å²) in [6, 6.07) is 14.0. The van der Waals surface area contributed by atoms with Gasteiger partial charge in [0.1, 0.15) is 11.9 Å². The van der Waals surface area contributed by atoms with E-state index in [2.05, 4.69) is 9.97 Å². The molecule has 0 aliphatic carbocycles. The van der Waals surface area contributed by atoms with Gasteiger partial charge in [0.25, 0.3) is 10.5 Å². The van der Waals surface area contributed by atoms with E-state index >= 15 is 0 Å². The highest BCUT2D eigenvalue weighted by molar-refractivity contribution is 7.99. The highest BCUT2D eigenvalue weighted by Crippen LogP contribution is 2.37. The molecule has 9 nitrogen and oxygen atoms in total. The highest BCUT2D eigenvalue weighted by atomic mass is 32.2. The first-order valence-corrected chi connectivity index (χ1v) is 10.7. The monoisotopic (exact) mass is 451 g/mol. The fourth-order valence-corrected chi connectivity index (χ4v) is 5.04. The maximum atomic E-state index is 13.4. The molecule has 0 aliphatic rings. The lowest BCUT2D eigenvalue weighted by Crippen LogP contribution is -2.22. The van der Waals surface area contributed by atoms with Crippen LogP contribution in [0.1, 0.15) is 0 Å². The average molecular weight is 451 g/mol. The summed E-state index contributed by atoms with van der Waals surface area (Å²) >= 11 is 2.26. The number of benzene rings is 2. The molecule has 11 heteroatoms. The van der Waals surface area contributed by atoms with Crippen molar-refractivity contribution in [3.8, 4) is 11.4 Å². The summed E-state index contributed by atoms with van der Waals surface area (Å²) in [4.78, 5) is 34.2. The maximum Gasteiger partial charge on any atom is 0.363 e. The summed E-state index contributed by atoms with van der Waals surface area (Å²) in [6.07, 6.45) is 1.59. The lowest BCUT2D eigenvalue weighted by atomic mass is 10.2. The van der Waals surface area contributed by atoms with Crippen molar-refractivity contribution >= 4 is 44.8 Å². The van der Waals surface area contributed by atoms with Crippen molar-refractivity contribution in [2.45, 2.75) is 10.2 Å². The maximum absolute atomic E-state index is 13.4. The van der Waals surface area contributed by atoms with Gasteiger partial charge in [0, 0.05) is 5.38 Å². The van der Waals surface area contributed by atoms with Gasteiger partial charge in [-0.2, -0.15) is 9.38 Å². The van der Waals surface area contributed by atoms with E-state index in [1.807, 2.05) is 0 Å². The minimum Gasteiger partial charge on any atom is -0.495 e. The summed E-state index contributed by atoms with van der Waals surface area (Å²) in [5.41, 5.74) is 0.672. The van der Waals surface area contributed by atoms with Crippen LogP contribution in [0.25, 0.3) is 21.6 Å². The van der Waals surface area contributed by atoms with Crippen LogP contribution >= 0.6 is 23.1 Å². The summed E-state index contributed by atoms with van der Waals surface area (Å²) in [5, 5.41) is 14.3. The predicted molar refractivity (Wildman–Crippen MR) is 118 cm³/mol. The van der Waals surface area contributed by atoms with Gasteiger partial charge in [-0.25, -0.2) is 4.98 Å². The van der Waals surface area contributed by atoms with Crippen LogP contribution in [0.2, 0.25) is 0 Å². The van der Waals surface area contributed by atoms with Crippen molar-refractivity contribution < 1.29 is 9.66 Å². The molecule has 0 saturated carbocycles. The highest BCUT2D eigenvalue weighted by Gasteiger charge is 2.27. The molecule has 0 radical (unpaired) electrons. The van der Waals surface area contributed by atoms with Gasteiger partial charge in [-0.15, -0.1) is 0 Å². The number of nitro groups is 1. The molecule has 0 saturated heterocycles. The van der Waals surface area contributed by atoms with Crippen molar-refractivity contribution in [1.29, 1.82) is 0 Å². The Balaban J connectivity index is 1.79. The number of thiazole rings is 1. The quantitative estimate of drug-likeness (QED) is 0.224. The molecular formula is C20H13N5O4S2. The van der Waals surface area contributed by atoms with Crippen LogP contribution < -0.4 is 10.3 Å². The molecular weight excluding hydrogens is 438 g/mol. The van der Waals surface area contributed by atoms with E-state index in [1.54, 1.807) is 60.1 Å². The Kier molecular flexibility index (Phi) is 4.68. The molecule has 0 N–H and O–H groups in total. The Morgan fingerprint density at radius 2 is 1.90 bits per heavy atom. The molecule has 0 amide bonds. The molecule has 3 heterocycles. The second-order valence-corrected chi connectivity index (χ2v) is 8.21. The van der Waals surface area contributed by atoms with Crippen LogP contribution in [0.4, 0.5) is 5.82 Å². The van der Waals surface area contributed by atoms with Crippen molar-refractivity contribution in [1.82, 2.24) is 18.9 Å². The minimum atomic E-state index is -0.484. The average Bonchev–Trinajstić information content (AvgIpc) is 3.34. The molecule has 0 atom stereocenters. The normalized spacial score (nSPS) is 11.3. The number of para-hydroxylation sites is 3. The zero-order valence-electron chi connectivity index (χ0n) is 16.0. The third-order valence-electron chi connectivity index (χ3n) is 4.64. The summed E-state index contributed by atoms with van der Waals surface area (Å²) in [6.45, 7) is 0. The van der Waals surface area contributed by atoms with E-state index in [-0.39, 0.29) is 21.6 Å². The number of aromatic nitrogens is 4. The second-order valence-electron chi connectivity index (χ2n) is 6.38. The Morgan fingerprint density at radius 3 is 2.71 bits per heavy atom. The third-order valence-corrected chi connectivity index (χ3v) is 6.32. The van der Waals surface area contributed by atoms with Crippen LogP contribution in [0.5, 0.6) is 5.75 Å². The molecule has 5 rings (SSSR count). The predicted octanol–water partition coefficient (Wildman–Crippen LogP) is 4.16. The molecule has 0 bridgehead atoms.